The first-order valence-corrected chi connectivity index (χ1v) is 9.32. The Morgan fingerprint density at radius 2 is 1.77 bits per heavy atom. The zero-order chi connectivity index (χ0) is 22.9. The molecule has 0 radical (unpaired) electrons. The van der Waals surface area contributed by atoms with E-state index >= 15 is 0 Å². The number of aryl methyl sites for hydroxylation is 1. The zero-order valence-electron chi connectivity index (χ0n) is 17.0. The lowest BCUT2D eigenvalue weighted by Gasteiger charge is -2.19. The quantitative estimate of drug-likeness (QED) is 0.457. The van der Waals surface area contributed by atoms with Crippen LogP contribution in [0.5, 0.6) is 11.5 Å². The molecule has 0 unspecified atom stereocenters. The minimum atomic E-state index is -4.81. The molecule has 0 fully saturated rings. The number of ether oxygens (including phenoxy) is 3. The number of benzene rings is 2. The van der Waals surface area contributed by atoms with Gasteiger partial charge >= 0.3 is 18.4 Å². The molecule has 0 saturated carbocycles. The van der Waals surface area contributed by atoms with Crippen LogP contribution in [0, 0.1) is 6.92 Å². The number of methoxy groups -OCH3 is 1. The Labute approximate surface area is 177 Å². The molecular formula is C21H23F3N2O5. The molecule has 31 heavy (non-hydrogen) atoms. The Kier molecular flexibility index (Phi) is 8.53. The fourth-order valence-electron chi connectivity index (χ4n) is 2.65. The number of alkyl halides is 3. The van der Waals surface area contributed by atoms with E-state index in [2.05, 4.69) is 20.1 Å². The summed E-state index contributed by atoms with van der Waals surface area (Å²) < 4.78 is 50.9. The van der Waals surface area contributed by atoms with E-state index in [1.165, 1.54) is 19.2 Å². The number of hydrogen-bond donors (Lipinski definition) is 2. The summed E-state index contributed by atoms with van der Waals surface area (Å²) in [4.78, 5) is 23.9. The Balaban J connectivity index is 1.92. The second-order valence-electron chi connectivity index (χ2n) is 6.51. The van der Waals surface area contributed by atoms with E-state index < -0.39 is 30.2 Å². The lowest BCUT2D eigenvalue weighted by molar-refractivity contribution is -0.274. The number of esters is 1. The number of carbonyl (C=O) groups is 2. The van der Waals surface area contributed by atoms with Crippen LogP contribution in [0.3, 0.4) is 0 Å². The van der Waals surface area contributed by atoms with Crippen LogP contribution in [0.4, 0.5) is 18.0 Å². The smallest absolute Gasteiger partial charge is 0.492 e. The van der Waals surface area contributed by atoms with Gasteiger partial charge in [0.1, 0.15) is 18.1 Å². The second-order valence-corrected chi connectivity index (χ2v) is 6.51. The second kappa shape index (κ2) is 11.1. The predicted octanol–water partition coefficient (Wildman–Crippen LogP) is 3.88. The maximum atomic E-state index is 12.3. The van der Waals surface area contributed by atoms with Gasteiger partial charge in [0.25, 0.3) is 0 Å². The van der Waals surface area contributed by atoms with Gasteiger partial charge in [0, 0.05) is 0 Å². The third kappa shape index (κ3) is 8.85. The van der Waals surface area contributed by atoms with Crippen LogP contribution >= 0.6 is 0 Å². The summed E-state index contributed by atoms with van der Waals surface area (Å²) in [7, 11) is 1.20. The van der Waals surface area contributed by atoms with Crippen molar-refractivity contribution < 1.29 is 37.0 Å². The standard InChI is InChI=1S/C21H23F3N2O5/c1-14-4-3-5-17(12-14)30-11-10-25-20(28)26-18(13-19(27)29-2)15-6-8-16(9-7-15)31-21(22,23)24/h3-9,12,18H,10-11,13H2,1-2H3,(H2,25,26,28)/t18-/m1/s1. The van der Waals surface area contributed by atoms with Gasteiger partial charge in [0.15, 0.2) is 0 Å². The van der Waals surface area contributed by atoms with Crippen molar-refractivity contribution in [3.05, 3.63) is 59.7 Å². The number of hydrogen-bond acceptors (Lipinski definition) is 5. The highest BCUT2D eigenvalue weighted by Crippen LogP contribution is 2.25. The first kappa shape index (κ1) is 23.8. The number of halogens is 3. The maximum absolute atomic E-state index is 12.3. The first-order chi connectivity index (χ1) is 14.7. The van der Waals surface area contributed by atoms with E-state index in [1.807, 2.05) is 25.1 Å². The van der Waals surface area contributed by atoms with Gasteiger partial charge in [-0.25, -0.2) is 4.79 Å². The predicted molar refractivity (Wildman–Crippen MR) is 106 cm³/mol. The summed E-state index contributed by atoms with van der Waals surface area (Å²) in [6.45, 7) is 2.35. The largest absolute Gasteiger partial charge is 0.573 e. The summed E-state index contributed by atoms with van der Waals surface area (Å²) in [6.07, 6.45) is -5.02. The number of nitrogens with one attached hydrogen (secondary N) is 2. The van der Waals surface area contributed by atoms with Crippen molar-refractivity contribution in [2.45, 2.75) is 25.7 Å². The first-order valence-electron chi connectivity index (χ1n) is 9.32. The summed E-state index contributed by atoms with van der Waals surface area (Å²) in [5, 5.41) is 5.21. The summed E-state index contributed by atoms with van der Waals surface area (Å²) in [6, 6.07) is 10.9. The lowest BCUT2D eigenvalue weighted by atomic mass is 10.0. The van der Waals surface area contributed by atoms with Gasteiger partial charge in [0.05, 0.1) is 26.1 Å². The van der Waals surface area contributed by atoms with Crippen LogP contribution in [0.15, 0.2) is 48.5 Å². The molecule has 0 aromatic heterocycles. The molecule has 2 aromatic rings. The molecule has 2 N–H and O–H groups in total. The van der Waals surface area contributed by atoms with Crippen LogP contribution in [-0.2, 0) is 9.53 Å². The van der Waals surface area contributed by atoms with Crippen molar-refractivity contribution in [2.24, 2.45) is 0 Å². The molecule has 0 aliphatic carbocycles. The summed E-state index contributed by atoms with van der Waals surface area (Å²) in [5.41, 5.74) is 1.45. The number of urea groups is 1. The molecule has 1 atom stereocenters. The van der Waals surface area contributed by atoms with Gasteiger partial charge in [-0.1, -0.05) is 24.3 Å². The van der Waals surface area contributed by atoms with E-state index in [4.69, 9.17) is 4.74 Å². The molecule has 168 valence electrons. The third-order valence-corrected chi connectivity index (χ3v) is 4.07. The Morgan fingerprint density at radius 1 is 1.06 bits per heavy atom. The number of amides is 2. The highest BCUT2D eigenvalue weighted by Gasteiger charge is 2.31. The minimum absolute atomic E-state index is 0.197. The Morgan fingerprint density at radius 3 is 2.39 bits per heavy atom. The topological polar surface area (TPSA) is 85.9 Å². The monoisotopic (exact) mass is 440 g/mol. The molecule has 0 aliphatic heterocycles. The third-order valence-electron chi connectivity index (χ3n) is 4.07. The van der Waals surface area contributed by atoms with Crippen LogP contribution in [0.25, 0.3) is 0 Å². The molecular weight excluding hydrogens is 417 g/mol. The molecule has 0 aliphatic rings. The molecule has 0 saturated heterocycles. The lowest BCUT2D eigenvalue weighted by Crippen LogP contribution is -2.40. The molecule has 0 spiro atoms. The molecule has 0 heterocycles. The van der Waals surface area contributed by atoms with Gasteiger partial charge in [-0.05, 0) is 42.3 Å². The molecule has 2 amide bonds. The average Bonchev–Trinajstić information content (AvgIpc) is 2.70. The summed E-state index contributed by atoms with van der Waals surface area (Å²) in [5.74, 6) is -0.332. The van der Waals surface area contributed by atoms with Crippen LogP contribution in [0.1, 0.15) is 23.6 Å². The maximum Gasteiger partial charge on any atom is 0.573 e. The SMILES string of the molecule is COC(=O)C[C@@H](NC(=O)NCCOc1cccc(C)c1)c1ccc(OC(F)(F)F)cc1. The highest BCUT2D eigenvalue weighted by atomic mass is 19.4. The fraction of sp³-hybridized carbons (Fsp3) is 0.333. The molecule has 0 bridgehead atoms. The van der Waals surface area contributed by atoms with E-state index in [-0.39, 0.29) is 19.6 Å². The van der Waals surface area contributed by atoms with Gasteiger partial charge in [-0.3, -0.25) is 4.79 Å². The van der Waals surface area contributed by atoms with Gasteiger partial charge in [-0.2, -0.15) is 0 Å². The minimum Gasteiger partial charge on any atom is -0.492 e. The van der Waals surface area contributed by atoms with Crippen molar-refractivity contribution in [3.63, 3.8) is 0 Å². The van der Waals surface area contributed by atoms with Gasteiger partial charge in [0.2, 0.25) is 0 Å². The molecule has 2 rings (SSSR count). The fourth-order valence-corrected chi connectivity index (χ4v) is 2.65. The van der Waals surface area contributed by atoms with Crippen molar-refractivity contribution in [2.75, 3.05) is 20.3 Å². The highest BCUT2D eigenvalue weighted by molar-refractivity contribution is 5.76. The average molecular weight is 440 g/mol. The molecule has 2 aromatic carbocycles. The van der Waals surface area contributed by atoms with Crippen LogP contribution < -0.4 is 20.1 Å². The van der Waals surface area contributed by atoms with Gasteiger partial charge < -0.3 is 24.8 Å². The van der Waals surface area contributed by atoms with Gasteiger partial charge in [-0.15, -0.1) is 13.2 Å². The summed E-state index contributed by atoms with van der Waals surface area (Å²) >= 11 is 0. The number of rotatable bonds is 9. The van der Waals surface area contributed by atoms with Crippen molar-refractivity contribution in [3.8, 4) is 11.5 Å². The zero-order valence-corrected chi connectivity index (χ0v) is 17.0. The normalized spacial score (nSPS) is 11.9. The van der Waals surface area contributed by atoms with E-state index in [0.717, 1.165) is 17.7 Å². The van der Waals surface area contributed by atoms with E-state index in [1.54, 1.807) is 6.07 Å². The molecule has 7 nitrogen and oxygen atoms in total. The van der Waals surface area contributed by atoms with Crippen molar-refractivity contribution in [1.82, 2.24) is 10.6 Å². The van der Waals surface area contributed by atoms with Crippen molar-refractivity contribution >= 4 is 12.0 Å². The van der Waals surface area contributed by atoms with Crippen LogP contribution in [-0.4, -0.2) is 38.6 Å². The Hall–Kier alpha value is -3.43. The Bertz CT molecular complexity index is 872. The van der Waals surface area contributed by atoms with E-state index in [0.29, 0.717) is 11.3 Å². The van der Waals surface area contributed by atoms with Crippen LogP contribution in [0.2, 0.25) is 0 Å². The van der Waals surface area contributed by atoms with Crippen molar-refractivity contribution in [1.29, 1.82) is 0 Å². The molecule has 10 heteroatoms. The van der Waals surface area contributed by atoms with E-state index in [9.17, 15) is 22.8 Å². The number of carbonyl (C=O) groups excluding carboxylic acids is 2.